The zero-order valence-electron chi connectivity index (χ0n) is 11.5. The van der Waals surface area contributed by atoms with Crippen LogP contribution in [0.3, 0.4) is 0 Å². The van der Waals surface area contributed by atoms with Gasteiger partial charge in [0, 0.05) is 18.2 Å². The van der Waals surface area contributed by atoms with Gasteiger partial charge in [0.2, 0.25) is 5.91 Å². The second-order valence-corrected chi connectivity index (χ2v) is 4.63. The van der Waals surface area contributed by atoms with E-state index in [4.69, 9.17) is 5.26 Å². The van der Waals surface area contributed by atoms with Gasteiger partial charge < -0.3 is 10.6 Å². The van der Waals surface area contributed by atoms with E-state index in [2.05, 4.69) is 10.6 Å². The lowest BCUT2D eigenvalue weighted by atomic mass is 10.1. The highest BCUT2D eigenvalue weighted by Gasteiger charge is 2.16. The van der Waals surface area contributed by atoms with E-state index in [0.717, 1.165) is 0 Å². The van der Waals surface area contributed by atoms with Crippen molar-refractivity contribution in [1.82, 2.24) is 5.32 Å². The molecule has 0 aliphatic rings. The Labute approximate surface area is 116 Å². The molecule has 1 aromatic carbocycles. The van der Waals surface area contributed by atoms with Crippen LogP contribution in [0.4, 0.5) is 11.4 Å². The molecule has 0 bridgehead atoms. The molecule has 1 atom stereocenters. The topological polar surface area (TPSA) is 108 Å². The molecule has 106 valence electrons. The van der Waals surface area contributed by atoms with Gasteiger partial charge in [-0.2, -0.15) is 5.26 Å². The van der Waals surface area contributed by atoms with E-state index in [9.17, 15) is 14.9 Å². The van der Waals surface area contributed by atoms with Crippen molar-refractivity contribution in [3.05, 3.63) is 33.9 Å². The predicted molar refractivity (Wildman–Crippen MR) is 74.2 cm³/mol. The molecule has 0 aliphatic carbocycles. The van der Waals surface area contributed by atoms with Crippen LogP contribution in [0.5, 0.6) is 0 Å². The van der Waals surface area contributed by atoms with E-state index in [1.807, 2.05) is 19.9 Å². The van der Waals surface area contributed by atoms with Gasteiger partial charge in [-0.3, -0.25) is 14.9 Å². The number of benzene rings is 1. The summed E-state index contributed by atoms with van der Waals surface area (Å²) in [5.74, 6) is -0.206. The summed E-state index contributed by atoms with van der Waals surface area (Å²) in [5.41, 5.74) is 0.360. The van der Waals surface area contributed by atoms with E-state index < -0.39 is 11.0 Å². The van der Waals surface area contributed by atoms with Gasteiger partial charge in [0.05, 0.1) is 16.2 Å². The average molecular weight is 276 g/mol. The molecule has 7 nitrogen and oxygen atoms in total. The first kappa shape index (κ1) is 15.4. The summed E-state index contributed by atoms with van der Waals surface area (Å²) in [5, 5.41) is 25.3. The highest BCUT2D eigenvalue weighted by molar-refractivity contribution is 5.85. The second kappa shape index (κ2) is 6.52. The van der Waals surface area contributed by atoms with E-state index in [-0.39, 0.29) is 23.2 Å². The van der Waals surface area contributed by atoms with Gasteiger partial charge in [-0.25, -0.2) is 0 Å². The SMILES string of the molecule is CC(C)NC(=O)C(C)Nc1ccc([N+](=O)[O-])cc1C#N. The highest BCUT2D eigenvalue weighted by Crippen LogP contribution is 2.22. The summed E-state index contributed by atoms with van der Waals surface area (Å²) in [6.45, 7) is 5.34. The van der Waals surface area contributed by atoms with Crippen molar-refractivity contribution in [3.8, 4) is 6.07 Å². The van der Waals surface area contributed by atoms with Crippen molar-refractivity contribution in [3.63, 3.8) is 0 Å². The predicted octanol–water partition coefficient (Wildman–Crippen LogP) is 1.79. The molecule has 0 radical (unpaired) electrons. The number of amides is 1. The van der Waals surface area contributed by atoms with Crippen LogP contribution in [0.1, 0.15) is 26.3 Å². The van der Waals surface area contributed by atoms with Gasteiger partial charge in [0.1, 0.15) is 12.1 Å². The molecule has 0 spiro atoms. The zero-order chi connectivity index (χ0) is 15.3. The molecule has 7 heteroatoms. The van der Waals surface area contributed by atoms with Crippen molar-refractivity contribution in [1.29, 1.82) is 5.26 Å². The molecule has 2 N–H and O–H groups in total. The maximum absolute atomic E-state index is 11.8. The van der Waals surface area contributed by atoms with Crippen LogP contribution < -0.4 is 10.6 Å². The van der Waals surface area contributed by atoms with Crippen molar-refractivity contribution in [2.24, 2.45) is 0 Å². The molecule has 0 aromatic heterocycles. The molecule has 0 aliphatic heterocycles. The number of carbonyl (C=O) groups excluding carboxylic acids is 1. The monoisotopic (exact) mass is 276 g/mol. The minimum Gasteiger partial charge on any atom is -0.373 e. The largest absolute Gasteiger partial charge is 0.373 e. The van der Waals surface area contributed by atoms with E-state index in [0.29, 0.717) is 5.69 Å². The van der Waals surface area contributed by atoms with Crippen molar-refractivity contribution in [2.75, 3.05) is 5.32 Å². The van der Waals surface area contributed by atoms with Gasteiger partial charge >= 0.3 is 0 Å². The number of hydrogen-bond acceptors (Lipinski definition) is 5. The first-order valence-electron chi connectivity index (χ1n) is 6.10. The van der Waals surface area contributed by atoms with Gasteiger partial charge in [0.15, 0.2) is 0 Å². The van der Waals surface area contributed by atoms with Gasteiger partial charge in [-0.15, -0.1) is 0 Å². The smallest absolute Gasteiger partial charge is 0.270 e. The van der Waals surface area contributed by atoms with Gasteiger partial charge in [0.25, 0.3) is 5.69 Å². The molecule has 1 rings (SSSR count). The molecule has 0 fully saturated rings. The number of nitriles is 1. The molecule has 1 aromatic rings. The average Bonchev–Trinajstić information content (AvgIpc) is 2.37. The summed E-state index contributed by atoms with van der Waals surface area (Å²) in [4.78, 5) is 21.8. The molecule has 1 unspecified atom stereocenters. The number of carbonyl (C=O) groups is 1. The number of nitrogens with one attached hydrogen (secondary N) is 2. The summed E-state index contributed by atoms with van der Waals surface area (Å²) in [7, 11) is 0. The Bertz CT molecular complexity index is 563. The number of rotatable bonds is 5. The zero-order valence-corrected chi connectivity index (χ0v) is 11.5. The number of nitrogens with zero attached hydrogens (tertiary/aromatic N) is 2. The fraction of sp³-hybridized carbons (Fsp3) is 0.385. The number of nitro benzene ring substituents is 1. The number of non-ortho nitro benzene ring substituents is 1. The van der Waals surface area contributed by atoms with Crippen molar-refractivity contribution >= 4 is 17.3 Å². The van der Waals surface area contributed by atoms with Crippen LogP contribution in [0, 0.1) is 21.4 Å². The van der Waals surface area contributed by atoms with E-state index in [1.54, 1.807) is 6.92 Å². The Kier molecular flexibility index (Phi) is 5.03. The maximum atomic E-state index is 11.8. The minimum absolute atomic E-state index is 0.0130. The maximum Gasteiger partial charge on any atom is 0.270 e. The molecule has 1 amide bonds. The Hall–Kier alpha value is -2.62. The summed E-state index contributed by atoms with van der Waals surface area (Å²) in [6.07, 6.45) is 0. The van der Waals surface area contributed by atoms with Crippen LogP contribution in [0.2, 0.25) is 0 Å². The number of hydrogen-bond donors (Lipinski definition) is 2. The normalized spacial score (nSPS) is 11.6. The summed E-state index contributed by atoms with van der Waals surface area (Å²) in [6, 6.07) is 5.23. The lowest BCUT2D eigenvalue weighted by molar-refractivity contribution is -0.384. The number of nitro groups is 1. The van der Waals surface area contributed by atoms with Crippen LogP contribution in [-0.2, 0) is 4.79 Å². The Morgan fingerprint density at radius 2 is 2.05 bits per heavy atom. The molecule has 0 saturated heterocycles. The number of anilines is 1. The van der Waals surface area contributed by atoms with Crippen LogP contribution in [0.15, 0.2) is 18.2 Å². The van der Waals surface area contributed by atoms with Gasteiger partial charge in [-0.1, -0.05) is 0 Å². The standard InChI is InChI=1S/C13H16N4O3/c1-8(2)15-13(18)9(3)16-12-5-4-11(17(19)20)6-10(12)7-14/h4-6,8-9,16H,1-3H3,(H,15,18). The molecule has 20 heavy (non-hydrogen) atoms. The Balaban J connectivity index is 2.90. The Morgan fingerprint density at radius 1 is 1.40 bits per heavy atom. The first-order chi connectivity index (χ1) is 9.35. The third-order valence-electron chi connectivity index (χ3n) is 2.53. The van der Waals surface area contributed by atoms with Crippen molar-refractivity contribution in [2.45, 2.75) is 32.9 Å². The minimum atomic E-state index is -0.570. The van der Waals surface area contributed by atoms with Crippen LogP contribution in [-0.4, -0.2) is 22.9 Å². The third-order valence-corrected chi connectivity index (χ3v) is 2.53. The molecular weight excluding hydrogens is 260 g/mol. The molecular formula is C13H16N4O3. The third kappa shape index (κ3) is 3.95. The fourth-order valence-electron chi connectivity index (χ4n) is 1.57. The fourth-order valence-corrected chi connectivity index (χ4v) is 1.57. The molecule has 0 heterocycles. The van der Waals surface area contributed by atoms with Gasteiger partial charge in [-0.05, 0) is 26.8 Å². The lowest BCUT2D eigenvalue weighted by Gasteiger charge is -2.17. The van der Waals surface area contributed by atoms with E-state index >= 15 is 0 Å². The van der Waals surface area contributed by atoms with Crippen molar-refractivity contribution < 1.29 is 9.72 Å². The second-order valence-electron chi connectivity index (χ2n) is 4.63. The quantitative estimate of drug-likeness (QED) is 0.629. The highest BCUT2D eigenvalue weighted by atomic mass is 16.6. The van der Waals surface area contributed by atoms with Crippen LogP contribution >= 0.6 is 0 Å². The van der Waals surface area contributed by atoms with E-state index in [1.165, 1.54) is 18.2 Å². The first-order valence-corrected chi connectivity index (χ1v) is 6.10. The summed E-state index contributed by atoms with van der Waals surface area (Å²) < 4.78 is 0. The molecule has 0 saturated carbocycles. The Morgan fingerprint density at radius 3 is 2.55 bits per heavy atom. The summed E-state index contributed by atoms with van der Waals surface area (Å²) >= 11 is 0. The van der Waals surface area contributed by atoms with Crippen LogP contribution in [0.25, 0.3) is 0 Å². The lowest BCUT2D eigenvalue weighted by Crippen LogP contribution is -2.41.